The average Bonchev–Trinajstić information content (AvgIpc) is 3.11. The number of hydrogen-bond donors (Lipinski definition) is 1. The third-order valence-electron chi connectivity index (χ3n) is 4.47. The van der Waals surface area contributed by atoms with Gasteiger partial charge in [-0.05, 0) is 43.9 Å². The second kappa shape index (κ2) is 5.39. The zero-order chi connectivity index (χ0) is 16.9. The van der Waals surface area contributed by atoms with Crippen molar-refractivity contribution in [3.63, 3.8) is 0 Å². The first-order valence-corrected chi connectivity index (χ1v) is 9.26. The standard InChI is InChI=1S/C17H17N3O3S/c1-10-3-5-14-12(7-10)4-6-16(14)20-24(21,22)13-8-15-11(2)19-23-17(15)18-9-13/h3,5,7-9,16,20H,4,6H2,1-2H3. The van der Waals surface area contributed by atoms with Crippen LogP contribution in [0.5, 0.6) is 0 Å². The Hall–Kier alpha value is -2.25. The number of fused-ring (bicyclic) bond motifs is 2. The van der Waals surface area contributed by atoms with Gasteiger partial charge in [-0.1, -0.05) is 28.9 Å². The van der Waals surface area contributed by atoms with Gasteiger partial charge in [0.25, 0.3) is 5.71 Å². The molecular weight excluding hydrogens is 326 g/mol. The van der Waals surface area contributed by atoms with Gasteiger partial charge in [-0.15, -0.1) is 0 Å². The minimum absolute atomic E-state index is 0.127. The molecule has 4 rings (SSSR count). The third kappa shape index (κ3) is 2.50. The lowest BCUT2D eigenvalue weighted by Gasteiger charge is -2.14. The van der Waals surface area contributed by atoms with Gasteiger partial charge in [0.15, 0.2) is 0 Å². The van der Waals surface area contributed by atoms with Gasteiger partial charge in [0.1, 0.15) is 4.90 Å². The highest BCUT2D eigenvalue weighted by Crippen LogP contribution is 2.33. The molecule has 1 N–H and O–H groups in total. The predicted molar refractivity (Wildman–Crippen MR) is 89.1 cm³/mol. The zero-order valence-corrected chi connectivity index (χ0v) is 14.2. The van der Waals surface area contributed by atoms with Crippen LogP contribution in [0.3, 0.4) is 0 Å². The second-order valence-electron chi connectivity index (χ2n) is 6.21. The smallest absolute Gasteiger partial charge is 0.257 e. The fraction of sp³-hybridized carbons (Fsp3) is 0.294. The predicted octanol–water partition coefficient (Wildman–Crippen LogP) is 2.81. The maximum atomic E-state index is 12.7. The monoisotopic (exact) mass is 343 g/mol. The molecule has 1 unspecified atom stereocenters. The van der Waals surface area contributed by atoms with E-state index in [1.165, 1.54) is 17.3 Å². The van der Waals surface area contributed by atoms with Gasteiger partial charge < -0.3 is 4.52 Å². The highest BCUT2D eigenvalue weighted by molar-refractivity contribution is 7.89. The summed E-state index contributed by atoms with van der Waals surface area (Å²) >= 11 is 0. The van der Waals surface area contributed by atoms with Gasteiger partial charge in [0.2, 0.25) is 10.0 Å². The fourth-order valence-corrected chi connectivity index (χ4v) is 4.42. The Morgan fingerprint density at radius 3 is 2.92 bits per heavy atom. The van der Waals surface area contributed by atoms with Crippen molar-refractivity contribution in [3.8, 4) is 0 Å². The summed E-state index contributed by atoms with van der Waals surface area (Å²) in [6.45, 7) is 3.80. The van der Waals surface area contributed by atoms with Gasteiger partial charge >= 0.3 is 0 Å². The molecule has 0 bridgehead atoms. The highest BCUT2D eigenvalue weighted by atomic mass is 32.2. The molecule has 6 nitrogen and oxygen atoms in total. The number of benzene rings is 1. The van der Waals surface area contributed by atoms with Crippen molar-refractivity contribution in [2.45, 2.75) is 37.6 Å². The Morgan fingerprint density at radius 2 is 2.08 bits per heavy atom. The summed E-state index contributed by atoms with van der Waals surface area (Å²) in [5.41, 5.74) is 4.42. The Labute approximate surface area is 139 Å². The lowest BCUT2D eigenvalue weighted by molar-refractivity contribution is 0.442. The Morgan fingerprint density at radius 1 is 1.25 bits per heavy atom. The zero-order valence-electron chi connectivity index (χ0n) is 13.4. The minimum Gasteiger partial charge on any atom is -0.336 e. The molecule has 1 aliphatic rings. The fourth-order valence-electron chi connectivity index (χ4n) is 3.20. The van der Waals surface area contributed by atoms with Gasteiger partial charge in [-0.3, -0.25) is 0 Å². The molecule has 124 valence electrons. The molecular formula is C17H17N3O3S. The molecule has 2 aromatic heterocycles. The molecule has 3 aromatic rings. The van der Waals surface area contributed by atoms with Crippen LogP contribution in [0.1, 0.15) is 34.8 Å². The number of aromatic nitrogens is 2. The topological polar surface area (TPSA) is 85.1 Å². The molecule has 7 heteroatoms. The van der Waals surface area contributed by atoms with E-state index >= 15 is 0 Å². The molecule has 0 amide bonds. The van der Waals surface area contributed by atoms with Crippen LogP contribution in [-0.4, -0.2) is 18.6 Å². The van der Waals surface area contributed by atoms with E-state index in [4.69, 9.17) is 4.52 Å². The summed E-state index contributed by atoms with van der Waals surface area (Å²) in [6, 6.07) is 7.50. The van der Waals surface area contributed by atoms with Crippen molar-refractivity contribution in [1.29, 1.82) is 0 Å². The maximum absolute atomic E-state index is 12.7. The number of hydrogen-bond acceptors (Lipinski definition) is 5. The minimum atomic E-state index is -3.66. The number of aryl methyl sites for hydroxylation is 3. The summed E-state index contributed by atoms with van der Waals surface area (Å²) in [6.07, 6.45) is 2.95. The Bertz CT molecular complexity index is 1040. The summed E-state index contributed by atoms with van der Waals surface area (Å²) < 4.78 is 33.3. The molecule has 0 fully saturated rings. The van der Waals surface area contributed by atoms with Gasteiger partial charge in [0, 0.05) is 6.04 Å². The maximum Gasteiger partial charge on any atom is 0.257 e. The number of sulfonamides is 1. The van der Waals surface area contributed by atoms with Crippen molar-refractivity contribution in [1.82, 2.24) is 14.9 Å². The number of nitrogens with zero attached hydrogens (tertiary/aromatic N) is 2. The van der Waals surface area contributed by atoms with E-state index < -0.39 is 10.0 Å². The number of nitrogens with one attached hydrogen (secondary N) is 1. The van der Waals surface area contributed by atoms with E-state index in [1.54, 1.807) is 13.0 Å². The molecule has 1 aromatic carbocycles. The molecule has 0 aliphatic heterocycles. The molecule has 0 radical (unpaired) electrons. The Kier molecular flexibility index (Phi) is 3.43. The first kappa shape index (κ1) is 15.3. The van der Waals surface area contributed by atoms with Crippen LogP contribution < -0.4 is 4.72 Å². The van der Waals surface area contributed by atoms with E-state index in [0.717, 1.165) is 18.4 Å². The van der Waals surface area contributed by atoms with Gasteiger partial charge in [0.05, 0.1) is 17.3 Å². The largest absolute Gasteiger partial charge is 0.336 e. The summed E-state index contributed by atoms with van der Waals surface area (Å²) in [7, 11) is -3.66. The van der Waals surface area contributed by atoms with Crippen LogP contribution in [0.2, 0.25) is 0 Å². The number of rotatable bonds is 3. The van der Waals surface area contributed by atoms with Crippen LogP contribution in [0.25, 0.3) is 11.1 Å². The van der Waals surface area contributed by atoms with E-state index in [-0.39, 0.29) is 10.9 Å². The molecule has 24 heavy (non-hydrogen) atoms. The summed E-state index contributed by atoms with van der Waals surface area (Å²) in [5.74, 6) is 0. The molecule has 0 saturated carbocycles. The molecule has 1 aliphatic carbocycles. The van der Waals surface area contributed by atoms with Crippen molar-refractivity contribution in [2.75, 3.05) is 0 Å². The lowest BCUT2D eigenvalue weighted by atomic mass is 10.1. The third-order valence-corrected chi connectivity index (χ3v) is 5.91. The van der Waals surface area contributed by atoms with E-state index in [2.05, 4.69) is 20.9 Å². The van der Waals surface area contributed by atoms with E-state index in [0.29, 0.717) is 16.8 Å². The normalized spacial score (nSPS) is 17.3. The molecule has 0 spiro atoms. The van der Waals surface area contributed by atoms with Crippen LogP contribution in [0, 0.1) is 13.8 Å². The molecule has 0 saturated heterocycles. The molecule has 1 atom stereocenters. The summed E-state index contributed by atoms with van der Waals surface area (Å²) in [4.78, 5) is 4.18. The van der Waals surface area contributed by atoms with Crippen LogP contribution in [-0.2, 0) is 16.4 Å². The van der Waals surface area contributed by atoms with Crippen molar-refractivity contribution in [3.05, 3.63) is 52.8 Å². The second-order valence-corrected chi connectivity index (χ2v) is 7.92. The van der Waals surface area contributed by atoms with Crippen molar-refractivity contribution < 1.29 is 12.9 Å². The van der Waals surface area contributed by atoms with Gasteiger partial charge in [-0.2, -0.15) is 0 Å². The quantitative estimate of drug-likeness (QED) is 0.790. The Balaban J connectivity index is 1.67. The van der Waals surface area contributed by atoms with Crippen molar-refractivity contribution >= 4 is 21.1 Å². The van der Waals surface area contributed by atoms with E-state index in [1.807, 2.05) is 19.1 Å². The SMILES string of the molecule is Cc1ccc2c(c1)CCC2NS(=O)(=O)c1cnc2onc(C)c2c1. The van der Waals surface area contributed by atoms with Crippen LogP contribution in [0.15, 0.2) is 39.9 Å². The highest BCUT2D eigenvalue weighted by Gasteiger charge is 2.28. The summed E-state index contributed by atoms with van der Waals surface area (Å²) in [5, 5.41) is 4.42. The van der Waals surface area contributed by atoms with Crippen LogP contribution in [0.4, 0.5) is 0 Å². The average molecular weight is 343 g/mol. The van der Waals surface area contributed by atoms with Crippen molar-refractivity contribution in [2.24, 2.45) is 0 Å². The first-order chi connectivity index (χ1) is 11.4. The van der Waals surface area contributed by atoms with Crippen LogP contribution >= 0.6 is 0 Å². The first-order valence-electron chi connectivity index (χ1n) is 7.78. The number of pyridine rings is 1. The molecule has 2 heterocycles. The van der Waals surface area contributed by atoms with Gasteiger partial charge in [-0.25, -0.2) is 18.1 Å². The van der Waals surface area contributed by atoms with E-state index in [9.17, 15) is 8.42 Å². The lowest BCUT2D eigenvalue weighted by Crippen LogP contribution is -2.27.